The van der Waals surface area contributed by atoms with E-state index in [1.807, 2.05) is 13.8 Å². The van der Waals surface area contributed by atoms with E-state index in [-0.39, 0.29) is 105 Å². The lowest BCUT2D eigenvalue weighted by Crippen LogP contribution is -2.62. The van der Waals surface area contributed by atoms with Crippen LogP contribution in [0.25, 0.3) is 0 Å². The largest absolute Gasteiger partial charge is 0.480 e. The van der Waals surface area contributed by atoms with Crippen molar-refractivity contribution >= 4 is 161 Å². The van der Waals surface area contributed by atoms with E-state index in [0.717, 1.165) is 32.1 Å². The first kappa shape index (κ1) is 127. The number of rotatable bonds is 71. The average Bonchev–Trinajstić information content (AvgIpc) is 0.847. The van der Waals surface area contributed by atoms with Crippen molar-refractivity contribution in [2.45, 2.75) is 337 Å². The van der Waals surface area contributed by atoms with Crippen LogP contribution in [0, 0.1) is 47.3 Å². The highest BCUT2D eigenvalue weighted by molar-refractivity contribution is 7.98. The van der Waals surface area contributed by atoms with Crippen molar-refractivity contribution in [3.05, 3.63) is 0 Å². The van der Waals surface area contributed by atoms with Crippen molar-refractivity contribution in [2.24, 2.45) is 53.1 Å². The SMILES string of the molecule is CSCC[C@H](NC(=O)[C@@H](NC(=O)[C@H](CC(C)C)NC(=O)[C@H](CC(C)C)NC(=O)[C@H](CO)NC(=O)CNC(=O)[C@H](CC(C)C)NC(=O)[C@H](CS)NC(=O)CCCCCCCCCCNC(=O)[C@@H](NC(=O)[C@H](CCSC)NC(=O)[C@@H](NC(=O)[C@H](CC(C)C)NC(=O)[C@H](CC(C)C)NC(=O)CNC(=O)CNC(=O)[C@H](CC(C)C)NC(=O)[C@@H](N)CS)[C@@H](C)O)C(C)C)[C@@H](C)O)C(=O)N[C@H](C(=O)O)C(C)C. The van der Waals surface area contributed by atoms with Crippen LogP contribution in [-0.2, 0) is 91.1 Å². The van der Waals surface area contributed by atoms with Gasteiger partial charge in [0.15, 0.2) is 0 Å². The summed E-state index contributed by atoms with van der Waals surface area (Å²) >= 11 is 11.1. The third-order valence-corrected chi connectivity index (χ3v) is 23.3. The lowest BCUT2D eigenvalue weighted by atomic mass is 9.99. The minimum Gasteiger partial charge on any atom is -0.480 e. The Labute approximate surface area is 821 Å². The molecule has 42 nitrogen and oxygen atoms in total. The molecule has 17 atom stereocenters. The van der Waals surface area contributed by atoms with Gasteiger partial charge in [-0.3, -0.25) is 86.3 Å². The molecule has 46 heteroatoms. The molecule has 780 valence electrons. The van der Waals surface area contributed by atoms with Crippen molar-refractivity contribution < 1.29 is 112 Å². The standard InChI is InChI=1S/C90H163N19O23S4/c1-47(2)35-60(101-76(117)57(91)45-133)77(118)94-41-69(114)93-42-70(115)96-62(37-49(5)6)81(122)103-64(39-51(9)10)83(124)108-74(55(17)111)88(129)99-58(30-33-135-19)79(120)106-72(53(13)14)87(128)92-32-28-26-24-22-21-23-25-27-29-68(113)98-67(46-134)86(127)102-61(36-48(3)4)78(119)95-43-71(116)97-66(44-110)85(126)105-63(38-50(7)8)82(123)104-65(40-52(11)12)84(125)109-75(56(18)112)89(130)100-59(31-34-136-20)80(121)107-73(54(15)16)90(131)132/h47-67,72-75,110-112,133-134H,21-46,91H2,1-20H3,(H,92,128)(H,93,114)(H,94,118)(H,95,119)(H,96,115)(H,97,116)(H,98,113)(H,99,129)(H,100,130)(H,101,117)(H,102,127)(H,103,122)(H,104,123)(H,105,126)(H,106,120)(H,107,121)(H,108,124)(H,109,125)(H,131,132)/t55-,56-,57+,58+,59+,60+,61+,62+,63+,64+,65+,66+,67+,72+,73+,74+,75+/m1/s1. The molecule has 0 unspecified atom stereocenters. The Balaban J connectivity index is 5.67. The number of aliphatic hydroxyl groups excluding tert-OH is 3. The molecule has 0 aliphatic carbocycles. The number of nitrogens with one attached hydrogen (secondary N) is 18. The van der Waals surface area contributed by atoms with E-state index in [0.29, 0.717) is 37.3 Å². The van der Waals surface area contributed by atoms with E-state index in [2.05, 4.69) is 121 Å². The summed E-state index contributed by atoms with van der Waals surface area (Å²) < 4.78 is 0. The summed E-state index contributed by atoms with van der Waals surface area (Å²) in [6.07, 6.45) is 7.13. The number of unbranched alkanes of at least 4 members (excludes halogenated alkanes) is 7. The minimum atomic E-state index is -1.67. The van der Waals surface area contributed by atoms with E-state index in [1.165, 1.54) is 37.4 Å². The van der Waals surface area contributed by atoms with Gasteiger partial charge in [-0.05, 0) is 149 Å². The molecule has 0 aliphatic rings. The summed E-state index contributed by atoms with van der Waals surface area (Å²) in [5, 5.41) is 87.9. The maximum absolute atomic E-state index is 14.1. The molecule has 136 heavy (non-hydrogen) atoms. The lowest BCUT2D eigenvalue weighted by molar-refractivity contribution is -0.143. The third kappa shape index (κ3) is 53.4. The fourth-order valence-corrected chi connectivity index (χ4v) is 15.2. The normalized spacial score (nSPS) is 15.2. The van der Waals surface area contributed by atoms with Gasteiger partial charge in [0.05, 0.1) is 44.5 Å². The molecular formula is C90H163N19O23S4. The summed E-state index contributed by atoms with van der Waals surface area (Å²) in [5.74, 6) is -16.5. The number of hydrogen-bond acceptors (Lipinski definition) is 27. The fraction of sp³-hybridized carbons (Fsp3) is 0.789. The molecule has 0 aromatic rings. The Morgan fingerprint density at radius 1 is 0.287 bits per heavy atom. The molecule has 0 saturated heterocycles. The fourth-order valence-electron chi connectivity index (χ4n) is 13.8. The summed E-state index contributed by atoms with van der Waals surface area (Å²) in [6.45, 7) is 28.0. The summed E-state index contributed by atoms with van der Waals surface area (Å²) in [7, 11) is 0. The number of thioether (sulfide) groups is 2. The number of aliphatic carboxylic acids is 1. The van der Waals surface area contributed by atoms with Gasteiger partial charge in [-0.1, -0.05) is 149 Å². The Bertz CT molecular complexity index is 3790. The van der Waals surface area contributed by atoms with Crippen molar-refractivity contribution in [1.82, 2.24) is 95.7 Å². The van der Waals surface area contributed by atoms with Crippen LogP contribution >= 0.6 is 48.8 Å². The van der Waals surface area contributed by atoms with E-state index >= 15 is 0 Å². The van der Waals surface area contributed by atoms with Gasteiger partial charge < -0.3 is 122 Å². The van der Waals surface area contributed by atoms with Crippen LogP contribution in [0.1, 0.15) is 234 Å². The molecule has 0 rings (SSSR count). The molecule has 0 radical (unpaired) electrons. The molecule has 0 spiro atoms. The smallest absolute Gasteiger partial charge is 0.326 e. The number of thiol groups is 2. The van der Waals surface area contributed by atoms with Crippen molar-refractivity contribution in [1.29, 1.82) is 0 Å². The highest BCUT2D eigenvalue weighted by atomic mass is 32.2. The predicted molar refractivity (Wildman–Crippen MR) is 527 cm³/mol. The first-order valence-corrected chi connectivity index (χ1v) is 51.2. The van der Waals surface area contributed by atoms with E-state index in [4.69, 9.17) is 5.73 Å². The summed E-state index contributed by atoms with van der Waals surface area (Å²) in [5.41, 5.74) is 5.76. The predicted octanol–water partition coefficient (Wildman–Crippen LogP) is -1.13. The van der Waals surface area contributed by atoms with Crippen LogP contribution in [0.15, 0.2) is 0 Å². The highest BCUT2D eigenvalue weighted by Gasteiger charge is 2.40. The Morgan fingerprint density at radius 2 is 0.574 bits per heavy atom. The number of carbonyl (C=O) groups excluding carboxylic acids is 18. The molecule has 0 aromatic carbocycles. The number of nitrogens with two attached hydrogens (primary N) is 1. The van der Waals surface area contributed by atoms with Crippen molar-refractivity contribution in [2.75, 3.05) is 68.3 Å². The Hall–Kier alpha value is -8.83. The van der Waals surface area contributed by atoms with Gasteiger partial charge in [0, 0.05) is 24.5 Å². The second-order valence-electron chi connectivity index (χ2n) is 37.6. The zero-order valence-electron chi connectivity index (χ0n) is 83.2. The molecule has 18 amide bonds. The van der Waals surface area contributed by atoms with Gasteiger partial charge in [0.1, 0.15) is 84.6 Å². The number of carbonyl (C=O) groups is 19. The second-order valence-corrected chi connectivity index (χ2v) is 40.3. The number of amides is 18. The van der Waals surface area contributed by atoms with Crippen LogP contribution in [0.3, 0.4) is 0 Å². The van der Waals surface area contributed by atoms with Gasteiger partial charge in [0.2, 0.25) is 106 Å². The molecule has 0 aliphatic heterocycles. The third-order valence-electron chi connectivity index (χ3n) is 21.3. The minimum absolute atomic E-state index is 0.00528. The topological polar surface area (TPSA) is 648 Å². The van der Waals surface area contributed by atoms with Gasteiger partial charge in [0.25, 0.3) is 0 Å². The van der Waals surface area contributed by atoms with E-state index in [9.17, 15) is 112 Å². The van der Waals surface area contributed by atoms with E-state index < -0.39 is 253 Å². The molecule has 0 saturated carbocycles. The van der Waals surface area contributed by atoms with Crippen molar-refractivity contribution in [3.63, 3.8) is 0 Å². The zero-order valence-corrected chi connectivity index (χ0v) is 86.6. The first-order valence-electron chi connectivity index (χ1n) is 47.2. The lowest BCUT2D eigenvalue weighted by Gasteiger charge is -2.29. The maximum atomic E-state index is 14.1. The molecule has 0 bridgehead atoms. The van der Waals surface area contributed by atoms with Gasteiger partial charge in [-0.15, -0.1) is 0 Å². The molecule has 24 N–H and O–H groups in total. The average molecular weight is 2010 g/mol. The van der Waals surface area contributed by atoms with Crippen LogP contribution in [0.5, 0.6) is 0 Å². The maximum Gasteiger partial charge on any atom is 0.326 e. The van der Waals surface area contributed by atoms with Crippen LogP contribution in [0.2, 0.25) is 0 Å². The number of carboxylic acid groups (broad SMARTS) is 1. The van der Waals surface area contributed by atoms with Gasteiger partial charge in [-0.25, -0.2) is 4.79 Å². The Kier molecular flexibility index (Phi) is 64.6. The molecular weight excluding hydrogens is 1840 g/mol. The van der Waals surface area contributed by atoms with Gasteiger partial charge >= 0.3 is 5.97 Å². The summed E-state index contributed by atoms with van der Waals surface area (Å²) in [4.78, 5) is 256. The zero-order chi connectivity index (χ0) is 104. The number of hydrogen-bond donors (Lipinski definition) is 25. The second kappa shape index (κ2) is 69.1. The molecule has 0 fully saturated rings. The Morgan fingerprint density at radius 3 is 0.919 bits per heavy atom. The van der Waals surface area contributed by atoms with Crippen LogP contribution in [-0.4, -0.2) is 304 Å². The van der Waals surface area contributed by atoms with Crippen molar-refractivity contribution in [3.8, 4) is 0 Å². The quantitative estimate of drug-likeness (QED) is 0.0253. The summed E-state index contributed by atoms with van der Waals surface area (Å²) in [6, 6.07) is -19.4. The molecule has 0 heterocycles. The monoisotopic (exact) mass is 2010 g/mol. The molecule has 0 aromatic heterocycles. The van der Waals surface area contributed by atoms with Crippen LogP contribution < -0.4 is 101 Å². The van der Waals surface area contributed by atoms with E-state index in [1.54, 1.807) is 109 Å². The van der Waals surface area contributed by atoms with Gasteiger partial charge in [-0.2, -0.15) is 48.8 Å². The van der Waals surface area contributed by atoms with Crippen LogP contribution in [0.4, 0.5) is 0 Å². The number of aliphatic hydroxyl groups is 3. The number of carboxylic acids is 1. The highest BCUT2D eigenvalue weighted by Crippen LogP contribution is 2.18. The first-order chi connectivity index (χ1) is 63.7.